The van der Waals surface area contributed by atoms with E-state index in [0.717, 1.165) is 17.7 Å². The van der Waals surface area contributed by atoms with Crippen LogP contribution in [-0.4, -0.2) is 41.9 Å². The quantitative estimate of drug-likeness (QED) is 0.845. The van der Waals surface area contributed by atoms with Crippen molar-refractivity contribution >= 4 is 34.8 Å². The normalized spacial score (nSPS) is 16.2. The largest absolute Gasteiger partial charge is 0.481 e. The van der Waals surface area contributed by atoms with Gasteiger partial charge in [0.25, 0.3) is 11.8 Å². The lowest BCUT2D eigenvalue weighted by molar-refractivity contribution is -0.128. The number of thiophene rings is 1. The second-order valence-corrected chi connectivity index (χ2v) is 7.65. The van der Waals surface area contributed by atoms with E-state index in [2.05, 4.69) is 5.32 Å². The Balaban J connectivity index is 1.45. The SMILES string of the molecule is CC(Oc1ccc(Cl)cc1)C(=O)NC1CCN(C(=O)c2cccs2)CC1. The van der Waals surface area contributed by atoms with Gasteiger partial charge in [0.2, 0.25) is 0 Å². The van der Waals surface area contributed by atoms with Crippen LogP contribution in [0.3, 0.4) is 0 Å². The fourth-order valence-corrected chi connectivity index (χ4v) is 3.69. The average Bonchev–Trinajstić information content (AvgIpc) is 3.18. The first-order valence-electron chi connectivity index (χ1n) is 8.58. The van der Waals surface area contributed by atoms with E-state index in [-0.39, 0.29) is 17.9 Å². The molecule has 0 spiro atoms. The van der Waals surface area contributed by atoms with Gasteiger partial charge in [-0.2, -0.15) is 0 Å². The number of nitrogens with zero attached hydrogens (tertiary/aromatic N) is 1. The zero-order valence-corrected chi connectivity index (χ0v) is 16.1. The third-order valence-corrected chi connectivity index (χ3v) is 5.47. The second-order valence-electron chi connectivity index (χ2n) is 6.27. The van der Waals surface area contributed by atoms with E-state index in [0.29, 0.717) is 23.9 Å². The number of hydrogen-bond acceptors (Lipinski definition) is 4. The number of ether oxygens (including phenoxy) is 1. The number of rotatable bonds is 5. The molecule has 0 radical (unpaired) electrons. The maximum atomic E-state index is 12.3. The maximum absolute atomic E-state index is 12.3. The maximum Gasteiger partial charge on any atom is 0.263 e. The molecule has 1 fully saturated rings. The zero-order valence-electron chi connectivity index (χ0n) is 14.5. The number of hydrogen-bond donors (Lipinski definition) is 1. The minimum Gasteiger partial charge on any atom is -0.481 e. The summed E-state index contributed by atoms with van der Waals surface area (Å²) in [4.78, 5) is 27.3. The van der Waals surface area contributed by atoms with Crippen molar-refractivity contribution in [3.63, 3.8) is 0 Å². The number of nitrogens with one attached hydrogen (secondary N) is 1. The Hall–Kier alpha value is -2.05. The highest BCUT2D eigenvalue weighted by Gasteiger charge is 2.26. The first-order chi connectivity index (χ1) is 12.5. The van der Waals surface area contributed by atoms with Crippen LogP contribution in [-0.2, 0) is 4.79 Å². The van der Waals surface area contributed by atoms with Crippen molar-refractivity contribution in [3.05, 3.63) is 51.7 Å². The van der Waals surface area contributed by atoms with Crippen LogP contribution >= 0.6 is 22.9 Å². The molecule has 1 aromatic carbocycles. The summed E-state index contributed by atoms with van der Waals surface area (Å²) in [6, 6.07) is 10.7. The van der Waals surface area contributed by atoms with Crippen LogP contribution < -0.4 is 10.1 Å². The Morgan fingerprint density at radius 2 is 1.92 bits per heavy atom. The molecule has 1 N–H and O–H groups in total. The van der Waals surface area contributed by atoms with Crippen LogP contribution in [0, 0.1) is 0 Å². The molecule has 7 heteroatoms. The molecule has 2 heterocycles. The Kier molecular flexibility index (Phi) is 6.16. The standard InChI is InChI=1S/C19H21ClN2O3S/c1-13(25-16-6-4-14(20)5-7-16)18(23)21-15-8-10-22(11-9-15)19(24)17-3-2-12-26-17/h2-7,12-13,15H,8-11H2,1H3,(H,21,23). The molecule has 2 aromatic rings. The van der Waals surface area contributed by atoms with Crippen molar-refractivity contribution in [2.45, 2.75) is 31.9 Å². The number of benzene rings is 1. The lowest BCUT2D eigenvalue weighted by atomic mass is 10.0. The monoisotopic (exact) mass is 392 g/mol. The average molecular weight is 393 g/mol. The molecule has 1 unspecified atom stereocenters. The van der Waals surface area contributed by atoms with Crippen LogP contribution in [0.15, 0.2) is 41.8 Å². The molecule has 0 aliphatic carbocycles. The van der Waals surface area contributed by atoms with Crippen molar-refractivity contribution < 1.29 is 14.3 Å². The third kappa shape index (κ3) is 4.77. The number of amides is 2. The van der Waals surface area contributed by atoms with Crippen LogP contribution in [0.2, 0.25) is 5.02 Å². The molecule has 5 nitrogen and oxygen atoms in total. The van der Waals surface area contributed by atoms with E-state index in [1.807, 2.05) is 22.4 Å². The molecule has 3 rings (SSSR count). The topological polar surface area (TPSA) is 58.6 Å². The molecule has 1 atom stereocenters. The molecule has 1 saturated heterocycles. The lowest BCUT2D eigenvalue weighted by Crippen LogP contribution is -2.49. The van der Waals surface area contributed by atoms with E-state index >= 15 is 0 Å². The van der Waals surface area contributed by atoms with Gasteiger partial charge in [-0.3, -0.25) is 9.59 Å². The Morgan fingerprint density at radius 1 is 1.23 bits per heavy atom. The van der Waals surface area contributed by atoms with Crippen molar-refractivity contribution in [2.75, 3.05) is 13.1 Å². The summed E-state index contributed by atoms with van der Waals surface area (Å²) < 4.78 is 5.65. The minimum absolute atomic E-state index is 0.0613. The van der Waals surface area contributed by atoms with Gasteiger partial charge >= 0.3 is 0 Å². The van der Waals surface area contributed by atoms with Gasteiger partial charge in [0.15, 0.2) is 6.10 Å². The predicted octanol–water partition coefficient (Wildman–Crippen LogP) is 3.59. The first kappa shape index (κ1) is 18.7. The van der Waals surface area contributed by atoms with Crippen LogP contribution in [0.4, 0.5) is 0 Å². The third-order valence-electron chi connectivity index (χ3n) is 4.36. The summed E-state index contributed by atoms with van der Waals surface area (Å²) in [6.07, 6.45) is 0.898. The summed E-state index contributed by atoms with van der Waals surface area (Å²) in [5, 5.41) is 5.55. The van der Waals surface area contributed by atoms with Gasteiger partial charge in [-0.15, -0.1) is 11.3 Å². The van der Waals surface area contributed by atoms with Crippen molar-refractivity contribution in [3.8, 4) is 5.75 Å². The highest BCUT2D eigenvalue weighted by Crippen LogP contribution is 2.19. The first-order valence-corrected chi connectivity index (χ1v) is 9.84. The molecular weight excluding hydrogens is 372 g/mol. The summed E-state index contributed by atoms with van der Waals surface area (Å²) in [5.41, 5.74) is 0. The summed E-state index contributed by atoms with van der Waals surface area (Å²) in [5.74, 6) is 0.528. The summed E-state index contributed by atoms with van der Waals surface area (Å²) in [6.45, 7) is 3.02. The fraction of sp³-hybridized carbons (Fsp3) is 0.368. The molecular formula is C19H21ClN2O3S. The van der Waals surface area contributed by atoms with Gasteiger partial charge in [0.05, 0.1) is 4.88 Å². The molecule has 0 bridgehead atoms. The van der Waals surface area contributed by atoms with Crippen molar-refractivity contribution in [1.82, 2.24) is 10.2 Å². The van der Waals surface area contributed by atoms with Gasteiger partial charge < -0.3 is 15.0 Å². The van der Waals surface area contributed by atoms with Gasteiger partial charge in [0.1, 0.15) is 5.75 Å². The molecule has 1 aliphatic rings. The Morgan fingerprint density at radius 3 is 2.54 bits per heavy atom. The van der Waals surface area contributed by atoms with E-state index in [1.165, 1.54) is 11.3 Å². The van der Waals surface area contributed by atoms with E-state index in [1.54, 1.807) is 31.2 Å². The van der Waals surface area contributed by atoms with Crippen LogP contribution in [0.5, 0.6) is 5.75 Å². The van der Waals surface area contributed by atoms with E-state index < -0.39 is 6.10 Å². The lowest BCUT2D eigenvalue weighted by Gasteiger charge is -2.32. The number of carbonyl (C=O) groups is 2. The van der Waals surface area contributed by atoms with Crippen molar-refractivity contribution in [2.24, 2.45) is 0 Å². The van der Waals surface area contributed by atoms with Crippen LogP contribution in [0.25, 0.3) is 0 Å². The van der Waals surface area contributed by atoms with Crippen LogP contribution in [0.1, 0.15) is 29.4 Å². The van der Waals surface area contributed by atoms with Gasteiger partial charge in [-0.1, -0.05) is 17.7 Å². The van der Waals surface area contributed by atoms with Crippen molar-refractivity contribution in [1.29, 1.82) is 0 Å². The zero-order chi connectivity index (χ0) is 18.5. The van der Waals surface area contributed by atoms with Gasteiger partial charge in [-0.05, 0) is 55.5 Å². The predicted molar refractivity (Wildman–Crippen MR) is 103 cm³/mol. The number of carbonyl (C=O) groups excluding carboxylic acids is 2. The Labute approximate surface area is 161 Å². The summed E-state index contributed by atoms with van der Waals surface area (Å²) in [7, 11) is 0. The Bertz CT molecular complexity index is 741. The van der Waals surface area contributed by atoms with E-state index in [4.69, 9.17) is 16.3 Å². The van der Waals surface area contributed by atoms with Gasteiger partial charge in [0, 0.05) is 24.2 Å². The molecule has 1 aliphatic heterocycles. The molecule has 138 valence electrons. The minimum atomic E-state index is -0.595. The number of piperidine rings is 1. The number of likely N-dealkylation sites (tertiary alicyclic amines) is 1. The second kappa shape index (κ2) is 8.56. The fourth-order valence-electron chi connectivity index (χ4n) is 2.87. The molecule has 26 heavy (non-hydrogen) atoms. The number of halogens is 1. The highest BCUT2D eigenvalue weighted by atomic mass is 35.5. The highest BCUT2D eigenvalue weighted by molar-refractivity contribution is 7.12. The summed E-state index contributed by atoms with van der Waals surface area (Å²) >= 11 is 7.30. The molecule has 2 amide bonds. The van der Waals surface area contributed by atoms with E-state index in [9.17, 15) is 9.59 Å². The van der Waals surface area contributed by atoms with Gasteiger partial charge in [-0.25, -0.2) is 0 Å². The molecule has 1 aromatic heterocycles. The molecule has 0 saturated carbocycles. The smallest absolute Gasteiger partial charge is 0.263 e.